The molecule has 0 aliphatic carbocycles. The zero-order chi connectivity index (χ0) is 19.8. The van der Waals surface area contributed by atoms with Crippen molar-refractivity contribution >= 4 is 26.4 Å². The van der Waals surface area contributed by atoms with Crippen molar-refractivity contribution in [2.45, 2.75) is 0 Å². The highest BCUT2D eigenvalue weighted by Gasteiger charge is 1.83. The summed E-state index contributed by atoms with van der Waals surface area (Å²) in [7, 11) is -5.39. The first-order valence-corrected chi connectivity index (χ1v) is 8.47. The molecule has 0 saturated carbocycles. The fraction of sp³-hybridized carbons (Fsp3) is 0. The topological polar surface area (TPSA) is 145 Å². The van der Waals surface area contributed by atoms with Crippen molar-refractivity contribution in [3.63, 3.8) is 0 Å². The summed E-state index contributed by atoms with van der Waals surface area (Å²) in [5, 5.41) is 0. The average molecular weight is 380 g/mol. The first-order valence-electron chi connectivity index (χ1n) is 7.01. The highest BCUT2D eigenvalue weighted by atomic mass is 31.2. The number of rotatable bonds is 3. The average Bonchev–Trinajstić information content (AvgIpc) is 3.37. The summed E-state index contributed by atoms with van der Waals surface area (Å²) >= 11 is 0. The van der Waals surface area contributed by atoms with E-state index in [1.54, 1.807) is 18.6 Å². The second kappa shape index (κ2) is 13.3. The lowest BCUT2D eigenvalue weighted by Crippen LogP contribution is -2.24. The molecule has 3 N–H and O–H groups in total. The van der Waals surface area contributed by atoms with Crippen LogP contribution in [0.1, 0.15) is 0 Å². The van der Waals surface area contributed by atoms with E-state index in [-0.39, 0.29) is 0 Å². The fourth-order valence-electron chi connectivity index (χ4n) is 1.24. The Labute approximate surface area is 151 Å². The standard InChI is InChI=1S/3C5H6N2.H3O4P/c3*1-2-7-4-3-6-5-7;1-5(2,3)4/h3*2-5H,1H2;(H3,1,2,3,4). The zero-order valence-electron chi connectivity index (χ0n) is 14.0. The van der Waals surface area contributed by atoms with Crippen molar-refractivity contribution in [1.82, 2.24) is 15.0 Å². The van der Waals surface area contributed by atoms with Crippen LogP contribution in [0.25, 0.3) is 18.6 Å². The number of aromatic nitrogens is 6. The number of aromatic amines is 3. The molecule has 0 amide bonds. The molecule has 0 unspecified atom stereocenters. The third-order valence-corrected chi connectivity index (χ3v) is 2.33. The van der Waals surface area contributed by atoms with E-state index in [0.717, 1.165) is 0 Å². The molecule has 0 bridgehead atoms. The van der Waals surface area contributed by atoms with E-state index in [4.69, 9.17) is 19.2 Å². The molecule has 0 fully saturated rings. The van der Waals surface area contributed by atoms with Gasteiger partial charge in [0, 0.05) is 0 Å². The van der Waals surface area contributed by atoms with Crippen LogP contribution in [0.3, 0.4) is 0 Å². The smallest absolute Gasteiger partial charge is 0.246 e. The van der Waals surface area contributed by atoms with Crippen LogP contribution in [-0.4, -0.2) is 15.0 Å². The molecular formula is C15H21N6O4P. The monoisotopic (exact) mass is 380 g/mol. The Morgan fingerprint density at radius 3 is 1.00 bits per heavy atom. The number of nitrogens with zero attached hydrogens (tertiary/aromatic N) is 3. The lowest BCUT2D eigenvalue weighted by atomic mass is 10.9. The Bertz CT molecular complexity index is 664. The second-order valence-electron chi connectivity index (χ2n) is 4.17. The Hall–Kier alpha value is -3.04. The number of H-pyrrole nitrogens is 3. The van der Waals surface area contributed by atoms with E-state index in [9.17, 15) is 0 Å². The fourth-order valence-corrected chi connectivity index (χ4v) is 1.24. The van der Waals surface area contributed by atoms with Gasteiger partial charge in [0.15, 0.2) is 0 Å². The van der Waals surface area contributed by atoms with Gasteiger partial charge in [-0.05, 0) is 0 Å². The number of imidazole rings is 3. The Morgan fingerprint density at radius 1 is 0.692 bits per heavy atom. The van der Waals surface area contributed by atoms with E-state index in [1.807, 2.05) is 69.9 Å². The van der Waals surface area contributed by atoms with Gasteiger partial charge in [0.25, 0.3) is 0 Å². The Kier molecular flexibility index (Phi) is 11.7. The van der Waals surface area contributed by atoms with Gasteiger partial charge in [-0.15, -0.1) is 0 Å². The van der Waals surface area contributed by atoms with Crippen molar-refractivity contribution in [3.8, 4) is 0 Å². The molecule has 3 aromatic rings. The molecule has 26 heavy (non-hydrogen) atoms. The maximum Gasteiger partial charge on any atom is 0.246 e. The third-order valence-electron chi connectivity index (χ3n) is 2.33. The molecular weight excluding hydrogens is 359 g/mol. The van der Waals surface area contributed by atoms with Crippen LogP contribution in [-0.2, 0) is 4.57 Å². The molecule has 0 aliphatic rings. The van der Waals surface area contributed by atoms with Crippen LogP contribution in [0.4, 0.5) is 0 Å². The highest BCUT2D eigenvalue weighted by molar-refractivity contribution is 7.40. The zero-order valence-corrected chi connectivity index (χ0v) is 14.9. The normalized spacial score (nSPS) is 9.19. The molecule has 0 radical (unpaired) electrons. The van der Waals surface area contributed by atoms with Gasteiger partial charge in [-0.25, -0.2) is 28.7 Å². The first kappa shape index (κ1) is 23.0. The van der Waals surface area contributed by atoms with E-state index in [1.165, 1.54) is 0 Å². The predicted octanol–water partition coefficient (Wildman–Crippen LogP) is -1.62. The molecule has 140 valence electrons. The van der Waals surface area contributed by atoms with Gasteiger partial charge in [0.1, 0.15) is 37.2 Å². The molecule has 0 spiro atoms. The summed E-state index contributed by atoms with van der Waals surface area (Å²) in [6.07, 6.45) is 21.7. The summed E-state index contributed by atoms with van der Waals surface area (Å²) in [6.45, 7) is 10.6. The maximum absolute atomic E-state index is 8.55. The van der Waals surface area contributed by atoms with Gasteiger partial charge < -0.3 is 19.2 Å². The van der Waals surface area contributed by atoms with Gasteiger partial charge in [-0.2, -0.15) is 7.82 Å². The van der Waals surface area contributed by atoms with Crippen molar-refractivity contribution in [3.05, 3.63) is 75.9 Å². The van der Waals surface area contributed by atoms with Crippen LogP contribution >= 0.6 is 7.82 Å². The number of nitrogens with one attached hydrogen (secondary N) is 3. The van der Waals surface area contributed by atoms with Crippen molar-refractivity contribution < 1.29 is 32.9 Å². The van der Waals surface area contributed by atoms with Gasteiger partial charge >= 0.3 is 0 Å². The molecule has 3 heterocycles. The quantitative estimate of drug-likeness (QED) is 0.370. The Balaban J connectivity index is 0.000000324. The molecule has 10 nitrogen and oxygen atoms in total. The van der Waals surface area contributed by atoms with E-state index in [0.29, 0.717) is 0 Å². The molecule has 0 aliphatic heterocycles. The van der Waals surface area contributed by atoms with Crippen molar-refractivity contribution in [2.75, 3.05) is 0 Å². The minimum absolute atomic E-state index is 1.72. The van der Waals surface area contributed by atoms with E-state index >= 15 is 0 Å². The van der Waals surface area contributed by atoms with Crippen molar-refractivity contribution in [2.24, 2.45) is 0 Å². The van der Waals surface area contributed by atoms with Gasteiger partial charge in [-0.3, -0.25) is 0 Å². The minimum atomic E-state index is -5.39. The van der Waals surface area contributed by atoms with Crippen LogP contribution in [0, 0.1) is 0 Å². The van der Waals surface area contributed by atoms with Gasteiger partial charge in [-0.1, -0.05) is 19.7 Å². The van der Waals surface area contributed by atoms with Gasteiger partial charge in [0.05, 0.1) is 18.6 Å². The van der Waals surface area contributed by atoms with Crippen LogP contribution < -0.4 is 28.4 Å². The maximum atomic E-state index is 8.55. The SMILES string of the molecule is C=C[n+]1cc[nH]c1.C=C[n+]1cc[nH]c1.C=C[n+]1cc[nH]c1.O=P([O-])([O-])[O-]. The number of hydrogen-bond acceptors (Lipinski definition) is 4. The van der Waals surface area contributed by atoms with Crippen LogP contribution in [0.2, 0.25) is 0 Å². The largest absolute Gasteiger partial charge is 0.822 e. The summed E-state index contributed by atoms with van der Waals surface area (Å²) in [5.74, 6) is 0. The summed E-state index contributed by atoms with van der Waals surface area (Å²) in [4.78, 5) is 34.3. The van der Waals surface area contributed by atoms with Crippen LogP contribution in [0.5, 0.6) is 0 Å². The number of phosphoric acid groups is 1. The van der Waals surface area contributed by atoms with E-state index in [2.05, 4.69) is 34.7 Å². The Morgan fingerprint density at radius 2 is 0.923 bits per heavy atom. The molecule has 3 rings (SSSR count). The molecule has 3 aromatic heterocycles. The second-order valence-corrected chi connectivity index (χ2v) is 5.07. The van der Waals surface area contributed by atoms with Gasteiger partial charge in [0.2, 0.25) is 19.0 Å². The summed E-state index contributed by atoms with van der Waals surface area (Å²) in [6, 6.07) is 0. The van der Waals surface area contributed by atoms with Crippen LogP contribution in [0.15, 0.2) is 75.9 Å². The molecule has 0 atom stereocenters. The number of hydrogen-bond donors (Lipinski definition) is 3. The summed E-state index contributed by atoms with van der Waals surface area (Å²) < 4.78 is 14.0. The van der Waals surface area contributed by atoms with Crippen molar-refractivity contribution in [1.29, 1.82) is 0 Å². The van der Waals surface area contributed by atoms with E-state index < -0.39 is 7.82 Å². The minimum Gasteiger partial charge on any atom is -0.822 e. The lowest BCUT2D eigenvalue weighted by molar-refractivity contribution is -0.566. The molecule has 0 aromatic carbocycles. The lowest BCUT2D eigenvalue weighted by Gasteiger charge is -2.36. The highest BCUT2D eigenvalue weighted by Crippen LogP contribution is 2.03. The summed E-state index contributed by atoms with van der Waals surface area (Å²) in [5.41, 5.74) is 0. The molecule has 0 saturated heterocycles. The first-order chi connectivity index (χ1) is 12.3. The third kappa shape index (κ3) is 14.5. The predicted molar refractivity (Wildman–Crippen MR) is 89.7 cm³/mol. The molecule has 11 heteroatoms.